The van der Waals surface area contributed by atoms with Crippen molar-refractivity contribution < 1.29 is 14.9 Å². The summed E-state index contributed by atoms with van der Waals surface area (Å²) in [6.07, 6.45) is -0.315. The minimum Gasteiger partial charge on any atom is -0.489 e. The standard InChI is InChI=1S/C14H22ClNO3/c1-10(7-11(2)17)16-8-12(18)9-19-14-6-4-3-5-13(14)15/h3-6,10-12,16-18H,7-9H2,1-2H3. The summed E-state index contributed by atoms with van der Waals surface area (Å²) >= 11 is 5.94. The normalized spacial score (nSPS) is 15.8. The summed E-state index contributed by atoms with van der Waals surface area (Å²) in [5, 5.41) is 22.7. The van der Waals surface area contributed by atoms with Crippen LogP contribution in [0.3, 0.4) is 0 Å². The van der Waals surface area contributed by atoms with Gasteiger partial charge in [0.1, 0.15) is 18.5 Å². The van der Waals surface area contributed by atoms with E-state index in [-0.39, 0.29) is 18.8 Å². The second-order valence-corrected chi connectivity index (χ2v) is 5.20. The van der Waals surface area contributed by atoms with E-state index in [1.807, 2.05) is 19.1 Å². The molecular formula is C14H22ClNO3. The molecule has 3 unspecified atom stereocenters. The van der Waals surface area contributed by atoms with Gasteiger partial charge in [0, 0.05) is 12.6 Å². The summed E-state index contributed by atoms with van der Waals surface area (Å²) in [6, 6.07) is 7.31. The first-order valence-electron chi connectivity index (χ1n) is 6.46. The van der Waals surface area contributed by atoms with Gasteiger partial charge in [0.25, 0.3) is 0 Å². The first kappa shape index (κ1) is 16.2. The Morgan fingerprint density at radius 3 is 2.58 bits per heavy atom. The van der Waals surface area contributed by atoms with E-state index >= 15 is 0 Å². The Balaban J connectivity index is 2.25. The molecule has 0 heterocycles. The van der Waals surface area contributed by atoms with Crippen LogP contribution in [0.25, 0.3) is 0 Å². The van der Waals surface area contributed by atoms with Crippen LogP contribution in [0, 0.1) is 0 Å². The van der Waals surface area contributed by atoms with Gasteiger partial charge >= 0.3 is 0 Å². The third-order valence-electron chi connectivity index (χ3n) is 2.66. The zero-order chi connectivity index (χ0) is 14.3. The maximum Gasteiger partial charge on any atom is 0.138 e. The third-order valence-corrected chi connectivity index (χ3v) is 2.98. The lowest BCUT2D eigenvalue weighted by atomic mass is 10.1. The van der Waals surface area contributed by atoms with E-state index in [1.54, 1.807) is 19.1 Å². The Labute approximate surface area is 119 Å². The van der Waals surface area contributed by atoms with Gasteiger partial charge in [0.2, 0.25) is 0 Å². The average molecular weight is 288 g/mol. The first-order chi connectivity index (χ1) is 8.99. The van der Waals surface area contributed by atoms with Gasteiger partial charge in [-0.3, -0.25) is 0 Å². The van der Waals surface area contributed by atoms with Crippen LogP contribution in [-0.2, 0) is 0 Å². The van der Waals surface area contributed by atoms with Gasteiger partial charge in [-0.1, -0.05) is 23.7 Å². The van der Waals surface area contributed by atoms with Crippen molar-refractivity contribution in [2.45, 2.75) is 38.5 Å². The Bertz CT molecular complexity index is 373. The molecule has 0 aromatic heterocycles. The van der Waals surface area contributed by atoms with Gasteiger partial charge in [-0.15, -0.1) is 0 Å². The van der Waals surface area contributed by atoms with Crippen LogP contribution in [0.2, 0.25) is 5.02 Å². The maximum atomic E-state index is 9.79. The van der Waals surface area contributed by atoms with E-state index in [0.29, 0.717) is 23.7 Å². The largest absolute Gasteiger partial charge is 0.489 e. The van der Waals surface area contributed by atoms with E-state index in [2.05, 4.69) is 5.32 Å². The summed E-state index contributed by atoms with van der Waals surface area (Å²) in [7, 11) is 0. The fourth-order valence-corrected chi connectivity index (χ4v) is 1.93. The number of benzene rings is 1. The van der Waals surface area contributed by atoms with Crippen LogP contribution in [0.1, 0.15) is 20.3 Å². The Morgan fingerprint density at radius 1 is 1.26 bits per heavy atom. The SMILES string of the molecule is CC(O)CC(C)NCC(O)COc1ccccc1Cl. The van der Waals surface area contributed by atoms with Crippen LogP contribution in [0.5, 0.6) is 5.75 Å². The van der Waals surface area contributed by atoms with E-state index in [9.17, 15) is 10.2 Å². The number of halogens is 1. The molecule has 0 saturated carbocycles. The fraction of sp³-hybridized carbons (Fsp3) is 0.571. The highest BCUT2D eigenvalue weighted by Crippen LogP contribution is 2.22. The molecule has 1 aromatic carbocycles. The summed E-state index contributed by atoms with van der Waals surface area (Å²) in [4.78, 5) is 0. The van der Waals surface area contributed by atoms with Crippen LogP contribution in [0.4, 0.5) is 0 Å². The Hall–Kier alpha value is -0.810. The van der Waals surface area contributed by atoms with Gasteiger partial charge in [-0.2, -0.15) is 0 Å². The molecule has 0 fully saturated rings. The summed E-state index contributed by atoms with van der Waals surface area (Å²) in [5.74, 6) is 0.570. The van der Waals surface area contributed by atoms with E-state index in [1.165, 1.54) is 0 Å². The van der Waals surface area contributed by atoms with Crippen molar-refractivity contribution in [2.75, 3.05) is 13.2 Å². The zero-order valence-electron chi connectivity index (χ0n) is 11.3. The number of aliphatic hydroxyl groups is 2. The molecule has 1 aromatic rings. The first-order valence-corrected chi connectivity index (χ1v) is 6.83. The molecule has 4 nitrogen and oxygen atoms in total. The van der Waals surface area contributed by atoms with Crippen molar-refractivity contribution in [1.82, 2.24) is 5.32 Å². The van der Waals surface area contributed by atoms with E-state index in [4.69, 9.17) is 16.3 Å². The summed E-state index contributed by atoms with van der Waals surface area (Å²) in [6.45, 7) is 4.31. The number of rotatable bonds is 8. The number of ether oxygens (including phenoxy) is 1. The molecular weight excluding hydrogens is 266 g/mol. The predicted octanol–water partition coefficient (Wildman–Crippen LogP) is 1.83. The molecule has 108 valence electrons. The van der Waals surface area contributed by atoms with Crippen LogP contribution in [-0.4, -0.2) is 41.6 Å². The summed E-state index contributed by atoms with van der Waals surface area (Å²) in [5.41, 5.74) is 0. The highest BCUT2D eigenvalue weighted by atomic mass is 35.5. The predicted molar refractivity (Wildman–Crippen MR) is 76.7 cm³/mol. The molecule has 0 aliphatic heterocycles. The zero-order valence-corrected chi connectivity index (χ0v) is 12.1. The van der Waals surface area contributed by atoms with Gasteiger partial charge in [0.05, 0.1) is 11.1 Å². The lowest BCUT2D eigenvalue weighted by Crippen LogP contribution is -2.37. The van der Waals surface area contributed by atoms with E-state index < -0.39 is 6.10 Å². The molecule has 0 saturated heterocycles. The van der Waals surface area contributed by atoms with Crippen molar-refractivity contribution in [3.05, 3.63) is 29.3 Å². The minimum absolute atomic E-state index is 0.148. The highest BCUT2D eigenvalue weighted by molar-refractivity contribution is 6.32. The van der Waals surface area contributed by atoms with Crippen LogP contribution in [0.15, 0.2) is 24.3 Å². The van der Waals surface area contributed by atoms with Crippen molar-refractivity contribution >= 4 is 11.6 Å². The Kier molecular flexibility index (Phi) is 7.16. The molecule has 3 atom stereocenters. The van der Waals surface area contributed by atoms with Gasteiger partial charge in [-0.25, -0.2) is 0 Å². The fourth-order valence-electron chi connectivity index (χ4n) is 1.74. The number of aliphatic hydroxyl groups excluding tert-OH is 2. The molecule has 1 rings (SSSR count). The maximum absolute atomic E-state index is 9.79. The van der Waals surface area contributed by atoms with Gasteiger partial charge in [0.15, 0.2) is 0 Å². The monoisotopic (exact) mass is 287 g/mol. The van der Waals surface area contributed by atoms with Crippen molar-refractivity contribution in [1.29, 1.82) is 0 Å². The topological polar surface area (TPSA) is 61.7 Å². The van der Waals surface area contributed by atoms with Crippen LogP contribution < -0.4 is 10.1 Å². The molecule has 0 aliphatic rings. The lowest BCUT2D eigenvalue weighted by Gasteiger charge is -2.18. The van der Waals surface area contributed by atoms with Crippen molar-refractivity contribution in [3.63, 3.8) is 0 Å². The molecule has 5 heteroatoms. The quantitative estimate of drug-likeness (QED) is 0.683. The lowest BCUT2D eigenvalue weighted by molar-refractivity contribution is 0.100. The highest BCUT2D eigenvalue weighted by Gasteiger charge is 2.10. The molecule has 0 aliphatic carbocycles. The second kappa shape index (κ2) is 8.38. The summed E-state index contributed by atoms with van der Waals surface area (Å²) < 4.78 is 5.44. The van der Waals surface area contributed by atoms with Gasteiger partial charge < -0.3 is 20.3 Å². The smallest absolute Gasteiger partial charge is 0.138 e. The second-order valence-electron chi connectivity index (χ2n) is 4.79. The number of para-hydroxylation sites is 1. The molecule has 3 N–H and O–H groups in total. The number of nitrogens with one attached hydrogen (secondary N) is 1. The molecule has 0 amide bonds. The minimum atomic E-state index is -0.618. The molecule has 0 spiro atoms. The third kappa shape index (κ3) is 6.78. The number of hydrogen-bond donors (Lipinski definition) is 3. The van der Waals surface area contributed by atoms with Crippen molar-refractivity contribution in [2.24, 2.45) is 0 Å². The molecule has 19 heavy (non-hydrogen) atoms. The van der Waals surface area contributed by atoms with Crippen molar-refractivity contribution in [3.8, 4) is 5.75 Å². The van der Waals surface area contributed by atoms with Gasteiger partial charge in [-0.05, 0) is 32.4 Å². The van der Waals surface area contributed by atoms with Crippen LogP contribution >= 0.6 is 11.6 Å². The molecule has 0 radical (unpaired) electrons. The van der Waals surface area contributed by atoms with E-state index in [0.717, 1.165) is 0 Å². The average Bonchev–Trinajstić information content (AvgIpc) is 2.34. The Morgan fingerprint density at radius 2 is 1.95 bits per heavy atom. The molecule has 0 bridgehead atoms. The number of hydrogen-bond acceptors (Lipinski definition) is 4.